The van der Waals surface area contributed by atoms with Gasteiger partial charge in [-0.15, -0.1) is 0 Å². The number of alkyl halides is 3. The lowest BCUT2D eigenvalue weighted by Crippen LogP contribution is -2.46. The number of carbonyl (C=O) groups excluding carboxylic acids is 4. The molecule has 0 radical (unpaired) electrons. The Morgan fingerprint density at radius 2 is 1.84 bits per heavy atom. The van der Waals surface area contributed by atoms with E-state index >= 15 is 0 Å². The Kier molecular flexibility index (Phi) is 7.38. The summed E-state index contributed by atoms with van der Waals surface area (Å²) in [5, 5.41) is 11.9. The van der Waals surface area contributed by atoms with E-state index in [4.69, 9.17) is 16.3 Å². The van der Waals surface area contributed by atoms with Crippen molar-refractivity contribution in [3.63, 3.8) is 0 Å². The van der Waals surface area contributed by atoms with Crippen LogP contribution in [0.15, 0.2) is 64.8 Å². The molecule has 1 aliphatic heterocycles. The number of allylic oxidation sites excluding steroid dienone is 6. The quantitative estimate of drug-likeness (QED) is 0.264. The van der Waals surface area contributed by atoms with Gasteiger partial charge in [0.25, 0.3) is 11.8 Å². The largest absolute Gasteiger partial charge is 0.504 e. The number of pyridine rings is 1. The highest BCUT2D eigenvalue weighted by atomic mass is 35.5. The Morgan fingerprint density at radius 3 is 2.53 bits per heavy atom. The molecule has 4 unspecified atom stereocenters. The Balaban J connectivity index is 1.44. The second kappa shape index (κ2) is 10.9. The van der Waals surface area contributed by atoms with Gasteiger partial charge in [0.15, 0.2) is 28.9 Å². The van der Waals surface area contributed by atoms with Gasteiger partial charge in [-0.1, -0.05) is 29.3 Å². The molecular formula is C32H27ClF3N3O6. The van der Waals surface area contributed by atoms with Crippen molar-refractivity contribution in [3.05, 3.63) is 81.1 Å². The van der Waals surface area contributed by atoms with E-state index < -0.39 is 53.2 Å². The van der Waals surface area contributed by atoms with Crippen LogP contribution in [0.4, 0.5) is 19.0 Å². The fourth-order valence-corrected chi connectivity index (χ4v) is 7.16. The van der Waals surface area contributed by atoms with Crippen molar-refractivity contribution in [1.29, 1.82) is 0 Å². The molecule has 1 N–H and O–H groups in total. The molecule has 6 rings (SSSR count). The molecule has 0 bridgehead atoms. The van der Waals surface area contributed by atoms with E-state index in [0.29, 0.717) is 17.2 Å². The number of hydrazine groups is 1. The lowest BCUT2D eigenvalue weighted by atomic mass is 9.59. The average molecular weight is 642 g/mol. The van der Waals surface area contributed by atoms with Crippen LogP contribution in [-0.2, 0) is 25.4 Å². The molecule has 13 heteroatoms. The standard InChI is InChI=1S/C32H27ClF3N3O6/c1-4-45-23-12-15(5-9-21(23)40)25-16-6-7-17-26(18(16)13-19-27(25)22(41)11-14(2)28(19)42)31(44)39(30(17)43)38(3)29-20(33)8-10-24(37-29)32(34,35)36/h5-6,8-12,17-18,25-26,40H,4,7,13H2,1-3H3. The summed E-state index contributed by atoms with van der Waals surface area (Å²) in [6.07, 6.45) is -1.56. The van der Waals surface area contributed by atoms with E-state index in [1.807, 2.05) is 0 Å². The number of carbonyl (C=O) groups is 4. The number of benzene rings is 1. The Labute approximate surface area is 260 Å². The maximum atomic E-state index is 14.1. The van der Waals surface area contributed by atoms with Crippen LogP contribution in [0, 0.1) is 17.8 Å². The number of phenols is 1. The lowest BCUT2D eigenvalue weighted by Gasteiger charge is -2.42. The van der Waals surface area contributed by atoms with Crippen LogP contribution in [0.5, 0.6) is 11.5 Å². The molecule has 1 fully saturated rings. The first-order chi connectivity index (χ1) is 21.2. The molecule has 1 aromatic heterocycles. The average Bonchev–Trinajstić information content (AvgIpc) is 3.25. The summed E-state index contributed by atoms with van der Waals surface area (Å²) < 4.78 is 45.9. The monoisotopic (exact) mass is 641 g/mol. The zero-order valence-corrected chi connectivity index (χ0v) is 25.1. The summed E-state index contributed by atoms with van der Waals surface area (Å²) in [6.45, 7) is 3.54. The van der Waals surface area contributed by atoms with Gasteiger partial charge in [0.05, 0.1) is 23.5 Å². The maximum absolute atomic E-state index is 14.1. The number of imide groups is 1. The number of aromatic hydroxyl groups is 1. The third kappa shape index (κ3) is 4.82. The summed E-state index contributed by atoms with van der Waals surface area (Å²) in [6, 6.07) is 6.34. The number of amides is 2. The zero-order valence-electron chi connectivity index (χ0n) is 24.3. The summed E-state index contributed by atoms with van der Waals surface area (Å²) in [5.41, 5.74) is 0.737. The van der Waals surface area contributed by atoms with Gasteiger partial charge in [0.2, 0.25) is 0 Å². The molecule has 3 aliphatic carbocycles. The van der Waals surface area contributed by atoms with Crippen molar-refractivity contribution in [3.8, 4) is 11.5 Å². The van der Waals surface area contributed by atoms with Crippen LogP contribution < -0.4 is 9.75 Å². The Morgan fingerprint density at radius 1 is 1.11 bits per heavy atom. The molecule has 45 heavy (non-hydrogen) atoms. The molecule has 4 aliphatic rings. The molecule has 0 spiro atoms. The van der Waals surface area contributed by atoms with Crippen molar-refractivity contribution < 1.29 is 42.2 Å². The number of hydrogen-bond acceptors (Lipinski definition) is 8. The molecule has 4 atom stereocenters. The van der Waals surface area contributed by atoms with Crippen LogP contribution in [-0.4, -0.2) is 52.1 Å². The smallest absolute Gasteiger partial charge is 0.433 e. The van der Waals surface area contributed by atoms with Crippen molar-refractivity contribution in [2.45, 2.75) is 38.8 Å². The second-order valence-electron chi connectivity index (χ2n) is 11.4. The number of ketones is 2. The summed E-state index contributed by atoms with van der Waals surface area (Å²) >= 11 is 6.19. The number of ether oxygens (including phenoxy) is 1. The maximum Gasteiger partial charge on any atom is 0.433 e. The normalized spacial score (nSPS) is 24.6. The van der Waals surface area contributed by atoms with Crippen LogP contribution in [0.2, 0.25) is 5.02 Å². The molecular weight excluding hydrogens is 615 g/mol. The third-order valence-corrected chi connectivity index (χ3v) is 9.18. The number of phenolic OH excluding ortho intramolecular Hbond substituents is 1. The molecule has 2 aromatic rings. The highest BCUT2D eigenvalue weighted by Gasteiger charge is 2.57. The van der Waals surface area contributed by atoms with E-state index in [1.54, 1.807) is 25.1 Å². The van der Waals surface area contributed by atoms with Crippen LogP contribution in [0.1, 0.15) is 43.9 Å². The van der Waals surface area contributed by atoms with E-state index in [2.05, 4.69) is 4.98 Å². The molecule has 2 amide bonds. The number of nitrogens with zero attached hydrogens (tertiary/aromatic N) is 3. The topological polar surface area (TPSA) is 117 Å². The number of hydrogen-bond donors (Lipinski definition) is 1. The predicted molar refractivity (Wildman–Crippen MR) is 155 cm³/mol. The van der Waals surface area contributed by atoms with Crippen LogP contribution >= 0.6 is 11.6 Å². The zero-order chi connectivity index (χ0) is 32.5. The molecule has 2 heterocycles. The number of fused-ring (bicyclic) bond motifs is 3. The van der Waals surface area contributed by atoms with Crippen molar-refractivity contribution in [2.24, 2.45) is 17.8 Å². The van der Waals surface area contributed by atoms with Gasteiger partial charge in [0, 0.05) is 29.7 Å². The number of rotatable bonds is 5. The first kappa shape index (κ1) is 30.6. The predicted octanol–water partition coefficient (Wildman–Crippen LogP) is 5.34. The third-order valence-electron chi connectivity index (χ3n) is 8.88. The van der Waals surface area contributed by atoms with Gasteiger partial charge >= 0.3 is 6.18 Å². The van der Waals surface area contributed by atoms with E-state index in [9.17, 15) is 37.5 Å². The van der Waals surface area contributed by atoms with E-state index in [0.717, 1.165) is 16.1 Å². The van der Waals surface area contributed by atoms with Gasteiger partial charge < -0.3 is 9.84 Å². The van der Waals surface area contributed by atoms with E-state index in [1.165, 1.54) is 26.1 Å². The minimum absolute atomic E-state index is 0.0180. The number of anilines is 1. The molecule has 234 valence electrons. The SMILES string of the molecule is CCOc1cc(C2C3=CCC4C(=O)N(N(C)c5nc(C(F)(F)F)ccc5Cl)C(=O)C4C3CC3=C2C(=O)C=C(C)C3=O)ccc1O. The molecule has 0 saturated carbocycles. The lowest BCUT2D eigenvalue weighted by molar-refractivity contribution is -0.141. The molecule has 9 nitrogen and oxygen atoms in total. The number of aromatic nitrogens is 1. The van der Waals surface area contributed by atoms with Gasteiger partial charge in [0.1, 0.15) is 5.69 Å². The van der Waals surface area contributed by atoms with Crippen LogP contribution in [0.3, 0.4) is 0 Å². The molecule has 1 aromatic carbocycles. The first-order valence-electron chi connectivity index (χ1n) is 14.3. The van der Waals surface area contributed by atoms with Crippen LogP contribution in [0.25, 0.3) is 0 Å². The fourth-order valence-electron chi connectivity index (χ4n) is 6.93. The highest BCUT2D eigenvalue weighted by Crippen LogP contribution is 2.55. The van der Waals surface area contributed by atoms with E-state index in [-0.39, 0.29) is 64.3 Å². The minimum atomic E-state index is -4.79. The number of halogens is 4. The van der Waals surface area contributed by atoms with Gasteiger partial charge in [-0.2, -0.15) is 18.2 Å². The number of Topliss-reactive ketones (excluding diaryl/α,β-unsaturated/α-hetero) is 1. The highest BCUT2D eigenvalue weighted by molar-refractivity contribution is 6.33. The Hall–Kier alpha value is -4.45. The van der Waals surface area contributed by atoms with Crippen molar-refractivity contribution in [2.75, 3.05) is 18.7 Å². The minimum Gasteiger partial charge on any atom is -0.504 e. The van der Waals surface area contributed by atoms with Gasteiger partial charge in [-0.25, -0.2) is 4.98 Å². The summed E-state index contributed by atoms with van der Waals surface area (Å²) in [4.78, 5) is 58.4. The van der Waals surface area contributed by atoms with Gasteiger partial charge in [-0.05, 0) is 68.5 Å². The summed E-state index contributed by atoms with van der Waals surface area (Å²) in [7, 11) is 1.24. The van der Waals surface area contributed by atoms with Crippen molar-refractivity contribution in [1.82, 2.24) is 9.99 Å². The first-order valence-corrected chi connectivity index (χ1v) is 14.6. The Bertz CT molecular complexity index is 1780. The summed E-state index contributed by atoms with van der Waals surface area (Å²) in [5.74, 6) is -5.65. The molecule has 1 saturated heterocycles. The van der Waals surface area contributed by atoms with Crippen molar-refractivity contribution >= 4 is 40.8 Å². The van der Waals surface area contributed by atoms with Gasteiger partial charge in [-0.3, -0.25) is 24.2 Å². The second-order valence-corrected chi connectivity index (χ2v) is 11.8. The fraction of sp³-hybridized carbons (Fsp3) is 0.344.